The van der Waals surface area contributed by atoms with Crippen molar-refractivity contribution in [2.75, 3.05) is 20.3 Å². The fourth-order valence-corrected chi connectivity index (χ4v) is 1.95. The average Bonchev–Trinajstić information content (AvgIpc) is 2.52. The molecule has 23 heavy (non-hydrogen) atoms. The molecular formula is C15H19NO7. The second kappa shape index (κ2) is 9.39. The van der Waals surface area contributed by atoms with Gasteiger partial charge in [0.15, 0.2) is 17.8 Å². The molecule has 0 spiro atoms. The van der Waals surface area contributed by atoms with Crippen LogP contribution in [0.2, 0.25) is 0 Å². The smallest absolute Gasteiger partial charge is 0.302 e. The number of carbonyl (C=O) groups excluding carboxylic acids is 2. The number of rotatable bonds is 10. The van der Waals surface area contributed by atoms with E-state index in [2.05, 4.69) is 0 Å². The van der Waals surface area contributed by atoms with Gasteiger partial charge in [0.1, 0.15) is 5.56 Å². The molecule has 1 rings (SSSR count). The lowest BCUT2D eigenvalue weighted by Gasteiger charge is -2.12. The van der Waals surface area contributed by atoms with Gasteiger partial charge in [-0.25, -0.2) is 0 Å². The summed E-state index contributed by atoms with van der Waals surface area (Å²) in [5, 5.41) is 10.9. The molecule has 0 heterocycles. The van der Waals surface area contributed by atoms with E-state index in [0.717, 1.165) is 12.8 Å². The summed E-state index contributed by atoms with van der Waals surface area (Å²) in [5.74, 6) is 0.0209. The molecule has 0 atom stereocenters. The Morgan fingerprint density at radius 2 is 1.96 bits per heavy atom. The molecule has 1 aromatic rings. The Hall–Kier alpha value is -2.64. The molecule has 0 saturated carbocycles. The number of benzene rings is 1. The van der Waals surface area contributed by atoms with Crippen molar-refractivity contribution >= 4 is 17.9 Å². The summed E-state index contributed by atoms with van der Waals surface area (Å²) < 4.78 is 15.4. The van der Waals surface area contributed by atoms with Crippen LogP contribution in [0.1, 0.15) is 36.5 Å². The van der Waals surface area contributed by atoms with E-state index in [4.69, 9.17) is 14.2 Å². The summed E-state index contributed by atoms with van der Waals surface area (Å²) >= 11 is 0. The quantitative estimate of drug-likeness (QED) is 0.214. The summed E-state index contributed by atoms with van der Waals surface area (Å²) in [6, 6.07) is 2.62. The number of ether oxygens (including phenoxy) is 3. The number of aldehydes is 1. The fourth-order valence-electron chi connectivity index (χ4n) is 1.95. The molecule has 8 nitrogen and oxygen atoms in total. The van der Waals surface area contributed by atoms with Crippen molar-refractivity contribution in [1.82, 2.24) is 0 Å². The van der Waals surface area contributed by atoms with Crippen LogP contribution in [0, 0.1) is 10.1 Å². The lowest BCUT2D eigenvalue weighted by Crippen LogP contribution is -2.04. The zero-order valence-electron chi connectivity index (χ0n) is 13.1. The van der Waals surface area contributed by atoms with Crippen LogP contribution in [-0.2, 0) is 9.53 Å². The second-order valence-electron chi connectivity index (χ2n) is 4.65. The second-order valence-corrected chi connectivity index (χ2v) is 4.65. The van der Waals surface area contributed by atoms with Crippen LogP contribution in [-0.4, -0.2) is 37.5 Å². The maximum absolute atomic E-state index is 11.1. The number of nitrogens with zero attached hydrogens (tertiary/aromatic N) is 1. The van der Waals surface area contributed by atoms with Crippen LogP contribution in [0.25, 0.3) is 0 Å². The number of hydrogen-bond acceptors (Lipinski definition) is 7. The Morgan fingerprint density at radius 1 is 1.26 bits per heavy atom. The third kappa shape index (κ3) is 5.57. The predicted octanol–water partition coefficient (Wildman–Crippen LogP) is 2.53. The van der Waals surface area contributed by atoms with Gasteiger partial charge in [0.05, 0.1) is 25.2 Å². The van der Waals surface area contributed by atoms with Crippen LogP contribution in [0.4, 0.5) is 5.69 Å². The molecule has 0 saturated heterocycles. The third-order valence-corrected chi connectivity index (χ3v) is 3.01. The molecule has 0 N–H and O–H groups in total. The molecule has 0 bridgehead atoms. The monoisotopic (exact) mass is 325 g/mol. The number of methoxy groups -OCH3 is 1. The molecule has 0 aliphatic rings. The van der Waals surface area contributed by atoms with E-state index in [1.54, 1.807) is 0 Å². The maximum atomic E-state index is 11.1. The van der Waals surface area contributed by atoms with E-state index in [9.17, 15) is 19.7 Å². The number of nitro benzene ring substituents is 1. The zero-order valence-corrected chi connectivity index (χ0v) is 13.1. The topological polar surface area (TPSA) is 105 Å². The van der Waals surface area contributed by atoms with E-state index < -0.39 is 4.92 Å². The van der Waals surface area contributed by atoms with Gasteiger partial charge in [-0.15, -0.1) is 0 Å². The minimum absolute atomic E-state index is 0.0501. The molecular weight excluding hydrogens is 306 g/mol. The number of hydrogen-bond donors (Lipinski definition) is 0. The lowest BCUT2D eigenvalue weighted by atomic mass is 10.1. The summed E-state index contributed by atoms with van der Waals surface area (Å²) in [4.78, 5) is 31.9. The molecule has 0 aliphatic carbocycles. The Kier molecular flexibility index (Phi) is 7.52. The lowest BCUT2D eigenvalue weighted by molar-refractivity contribution is -0.385. The molecule has 0 amide bonds. The molecule has 0 aliphatic heterocycles. The minimum atomic E-state index is -0.648. The number of esters is 1. The van der Waals surface area contributed by atoms with E-state index >= 15 is 0 Å². The van der Waals surface area contributed by atoms with Gasteiger partial charge in [0, 0.05) is 13.0 Å². The normalized spacial score (nSPS) is 10.0. The van der Waals surface area contributed by atoms with Crippen molar-refractivity contribution < 1.29 is 28.7 Å². The first kappa shape index (κ1) is 18.4. The van der Waals surface area contributed by atoms with Crippen molar-refractivity contribution in [3.63, 3.8) is 0 Å². The van der Waals surface area contributed by atoms with Gasteiger partial charge in [-0.2, -0.15) is 0 Å². The zero-order chi connectivity index (χ0) is 17.2. The van der Waals surface area contributed by atoms with Gasteiger partial charge < -0.3 is 14.2 Å². The predicted molar refractivity (Wildman–Crippen MR) is 81.0 cm³/mol. The molecule has 126 valence electrons. The number of nitro groups is 1. The van der Waals surface area contributed by atoms with Crippen molar-refractivity contribution in [3.05, 3.63) is 27.8 Å². The SMILES string of the molecule is COc1c(OCCCCCOC(C)=O)ccc([N+](=O)[O-])c1C=O. The van der Waals surface area contributed by atoms with Crippen LogP contribution in [0.3, 0.4) is 0 Å². The van der Waals surface area contributed by atoms with Crippen LogP contribution in [0.5, 0.6) is 11.5 Å². The Balaban J connectivity index is 2.58. The van der Waals surface area contributed by atoms with Gasteiger partial charge >= 0.3 is 5.97 Å². The molecule has 0 aromatic heterocycles. The van der Waals surface area contributed by atoms with Crippen molar-refractivity contribution in [1.29, 1.82) is 0 Å². The molecule has 0 unspecified atom stereocenters. The minimum Gasteiger partial charge on any atom is -0.492 e. The third-order valence-electron chi connectivity index (χ3n) is 3.01. The first-order valence-corrected chi connectivity index (χ1v) is 7.08. The molecule has 0 radical (unpaired) electrons. The Morgan fingerprint density at radius 3 is 2.52 bits per heavy atom. The van der Waals surface area contributed by atoms with Gasteiger partial charge in [-0.1, -0.05) is 0 Å². The Bertz CT molecular complexity index is 571. The van der Waals surface area contributed by atoms with Crippen molar-refractivity contribution in [3.8, 4) is 11.5 Å². The van der Waals surface area contributed by atoms with E-state index in [1.165, 1.54) is 26.2 Å². The average molecular weight is 325 g/mol. The summed E-state index contributed by atoms with van der Waals surface area (Å²) in [6.07, 6.45) is 2.60. The summed E-state index contributed by atoms with van der Waals surface area (Å²) in [6.45, 7) is 2.08. The fraction of sp³-hybridized carbons (Fsp3) is 0.467. The van der Waals surface area contributed by atoms with Crippen molar-refractivity contribution in [2.45, 2.75) is 26.2 Å². The highest BCUT2D eigenvalue weighted by Crippen LogP contribution is 2.36. The molecule has 0 fully saturated rings. The van der Waals surface area contributed by atoms with Gasteiger partial charge in [-0.05, 0) is 25.3 Å². The summed E-state index contributed by atoms with van der Waals surface area (Å²) in [5.41, 5.74) is -0.476. The molecule has 1 aromatic carbocycles. The highest BCUT2D eigenvalue weighted by molar-refractivity contribution is 5.87. The van der Waals surface area contributed by atoms with E-state index in [-0.39, 0.29) is 28.7 Å². The first-order chi connectivity index (χ1) is 11.0. The van der Waals surface area contributed by atoms with E-state index in [1.807, 2.05) is 0 Å². The standard InChI is InChI=1S/C15H19NO7/c1-11(18)22-8-4-3-5-9-23-14-7-6-13(16(19)20)12(10-17)15(14)21-2/h6-7,10H,3-5,8-9H2,1-2H3. The van der Waals surface area contributed by atoms with Gasteiger partial charge in [-0.3, -0.25) is 19.7 Å². The van der Waals surface area contributed by atoms with Crippen molar-refractivity contribution in [2.24, 2.45) is 0 Å². The highest BCUT2D eigenvalue weighted by Gasteiger charge is 2.22. The number of unbranched alkanes of at least 4 members (excludes halogenated alkanes) is 2. The maximum Gasteiger partial charge on any atom is 0.302 e. The highest BCUT2D eigenvalue weighted by atomic mass is 16.6. The number of carbonyl (C=O) groups is 2. The van der Waals surface area contributed by atoms with Crippen LogP contribution < -0.4 is 9.47 Å². The Labute approximate surface area is 133 Å². The van der Waals surface area contributed by atoms with Gasteiger partial charge in [0.2, 0.25) is 0 Å². The largest absolute Gasteiger partial charge is 0.492 e. The van der Waals surface area contributed by atoms with E-state index in [0.29, 0.717) is 25.9 Å². The van der Waals surface area contributed by atoms with Gasteiger partial charge in [0.25, 0.3) is 5.69 Å². The summed E-state index contributed by atoms with van der Waals surface area (Å²) in [7, 11) is 1.32. The van der Waals surface area contributed by atoms with Crippen LogP contribution >= 0.6 is 0 Å². The first-order valence-electron chi connectivity index (χ1n) is 7.08. The molecule has 8 heteroatoms. The van der Waals surface area contributed by atoms with Crippen LogP contribution in [0.15, 0.2) is 12.1 Å².